The number of phenols is 1. The second-order valence-corrected chi connectivity index (χ2v) is 7.34. The molecule has 0 aliphatic carbocycles. The molecule has 2 amide bonds. The maximum Gasteiger partial charge on any atom is 0.246 e. The van der Waals surface area contributed by atoms with Crippen LogP contribution in [0.1, 0.15) is 38.7 Å². The van der Waals surface area contributed by atoms with E-state index in [1.54, 1.807) is 21.9 Å². The molecular weight excluding hydrogens is 352 g/mol. The minimum absolute atomic E-state index is 0.0235. The van der Waals surface area contributed by atoms with Crippen molar-refractivity contribution >= 4 is 23.4 Å². The van der Waals surface area contributed by atoms with Gasteiger partial charge in [0.2, 0.25) is 11.8 Å². The Morgan fingerprint density at radius 2 is 2.08 bits per heavy atom. The monoisotopic (exact) mass is 378 g/mol. The van der Waals surface area contributed by atoms with Gasteiger partial charge in [-0.15, -0.1) is 6.58 Å². The number of halogens is 1. The quantitative estimate of drug-likeness (QED) is 0.705. The van der Waals surface area contributed by atoms with Gasteiger partial charge in [0.25, 0.3) is 0 Å². The second kappa shape index (κ2) is 9.08. The van der Waals surface area contributed by atoms with Crippen molar-refractivity contribution in [3.63, 3.8) is 0 Å². The Hall–Kier alpha value is -2.01. The Balaban J connectivity index is 2.10. The van der Waals surface area contributed by atoms with Crippen molar-refractivity contribution in [3.05, 3.63) is 40.9 Å². The molecule has 26 heavy (non-hydrogen) atoms. The summed E-state index contributed by atoms with van der Waals surface area (Å²) < 4.78 is 0. The fourth-order valence-corrected chi connectivity index (χ4v) is 3.35. The molecule has 2 rings (SSSR count). The zero-order chi connectivity index (χ0) is 19.3. The molecule has 142 valence electrons. The number of phenolic OH excluding ortho intramolecular Hbond substituents is 1. The van der Waals surface area contributed by atoms with Crippen molar-refractivity contribution in [1.82, 2.24) is 9.80 Å². The van der Waals surface area contributed by atoms with E-state index in [4.69, 9.17) is 11.6 Å². The Labute approximate surface area is 160 Å². The summed E-state index contributed by atoms with van der Waals surface area (Å²) in [5.74, 6) is 0.0399. The van der Waals surface area contributed by atoms with Crippen LogP contribution in [-0.2, 0) is 16.0 Å². The lowest BCUT2D eigenvalue weighted by molar-refractivity contribution is -0.155. The second-order valence-electron chi connectivity index (χ2n) is 6.90. The molecule has 0 bridgehead atoms. The van der Waals surface area contributed by atoms with E-state index in [0.29, 0.717) is 36.5 Å². The average Bonchev–Trinajstić information content (AvgIpc) is 2.57. The number of nitrogens with zero attached hydrogens (tertiary/aromatic N) is 2. The van der Waals surface area contributed by atoms with E-state index in [1.165, 1.54) is 6.07 Å². The van der Waals surface area contributed by atoms with Gasteiger partial charge in [0.15, 0.2) is 0 Å². The SMILES string of the molecule is C=C(C)CC1C(=O)N(CCc2ccc(Cl)cc2O)CC(=O)N1CCCC. The Morgan fingerprint density at radius 1 is 1.35 bits per heavy atom. The van der Waals surface area contributed by atoms with E-state index < -0.39 is 6.04 Å². The highest BCUT2D eigenvalue weighted by molar-refractivity contribution is 6.30. The third-order valence-corrected chi connectivity index (χ3v) is 4.85. The number of hydrogen-bond acceptors (Lipinski definition) is 3. The number of rotatable bonds is 8. The maximum atomic E-state index is 12.9. The Bertz CT molecular complexity index is 690. The zero-order valence-electron chi connectivity index (χ0n) is 15.5. The minimum atomic E-state index is -0.473. The van der Waals surface area contributed by atoms with Crippen molar-refractivity contribution in [2.75, 3.05) is 19.6 Å². The van der Waals surface area contributed by atoms with Gasteiger partial charge in [-0.2, -0.15) is 0 Å². The van der Waals surface area contributed by atoms with Gasteiger partial charge in [-0.1, -0.05) is 36.6 Å². The molecular formula is C20H27ClN2O3. The lowest BCUT2D eigenvalue weighted by atomic mass is 10.0. The van der Waals surface area contributed by atoms with Gasteiger partial charge in [-0.3, -0.25) is 9.59 Å². The van der Waals surface area contributed by atoms with E-state index in [2.05, 4.69) is 13.5 Å². The molecule has 0 spiro atoms. The largest absolute Gasteiger partial charge is 0.508 e. The molecule has 1 aromatic carbocycles. The van der Waals surface area contributed by atoms with Gasteiger partial charge in [0, 0.05) is 18.1 Å². The Morgan fingerprint density at radius 3 is 2.69 bits per heavy atom. The third kappa shape index (κ3) is 5.01. The van der Waals surface area contributed by atoms with Gasteiger partial charge in [-0.25, -0.2) is 0 Å². The van der Waals surface area contributed by atoms with Crippen molar-refractivity contribution < 1.29 is 14.7 Å². The summed E-state index contributed by atoms with van der Waals surface area (Å²) >= 11 is 5.85. The topological polar surface area (TPSA) is 60.9 Å². The third-order valence-electron chi connectivity index (χ3n) is 4.61. The van der Waals surface area contributed by atoms with Crippen LogP contribution in [0.3, 0.4) is 0 Å². The van der Waals surface area contributed by atoms with E-state index in [-0.39, 0.29) is 24.1 Å². The molecule has 6 heteroatoms. The molecule has 1 aromatic rings. The molecule has 0 radical (unpaired) electrons. The lowest BCUT2D eigenvalue weighted by Crippen LogP contribution is -2.60. The predicted octanol–water partition coefficient (Wildman–Crippen LogP) is 3.39. The van der Waals surface area contributed by atoms with E-state index in [9.17, 15) is 14.7 Å². The number of carbonyl (C=O) groups is 2. The summed E-state index contributed by atoms with van der Waals surface area (Å²) in [7, 11) is 0. The normalized spacial score (nSPS) is 17.7. The molecule has 1 aliphatic rings. The van der Waals surface area contributed by atoms with Crippen LogP contribution in [0, 0.1) is 0 Å². The number of carbonyl (C=O) groups excluding carboxylic acids is 2. The predicted molar refractivity (Wildman–Crippen MR) is 103 cm³/mol. The Kier molecular flexibility index (Phi) is 7.09. The van der Waals surface area contributed by atoms with Crippen LogP contribution in [0.25, 0.3) is 0 Å². The van der Waals surface area contributed by atoms with Crippen LogP contribution in [-0.4, -0.2) is 52.4 Å². The first-order valence-electron chi connectivity index (χ1n) is 9.03. The van der Waals surface area contributed by atoms with Crippen LogP contribution in [0.2, 0.25) is 5.02 Å². The number of piperazine rings is 1. The minimum Gasteiger partial charge on any atom is -0.508 e. The molecule has 1 unspecified atom stereocenters. The van der Waals surface area contributed by atoms with Gasteiger partial charge in [-0.05, 0) is 43.9 Å². The molecule has 1 fully saturated rings. The fraction of sp³-hybridized carbons (Fsp3) is 0.500. The standard InChI is InChI=1S/C20H27ClN2O3/c1-4-5-9-23-17(11-14(2)3)20(26)22(13-19(23)25)10-8-15-6-7-16(21)12-18(15)24/h6-7,12,17,24H,2,4-5,8-11,13H2,1,3H3. The first-order chi connectivity index (χ1) is 12.3. The molecule has 1 N–H and O–H groups in total. The van der Waals surface area contributed by atoms with E-state index >= 15 is 0 Å². The van der Waals surface area contributed by atoms with Gasteiger partial charge >= 0.3 is 0 Å². The summed E-state index contributed by atoms with van der Waals surface area (Å²) in [4.78, 5) is 28.8. The summed E-state index contributed by atoms with van der Waals surface area (Å²) in [6.07, 6.45) is 2.80. The first-order valence-corrected chi connectivity index (χ1v) is 9.41. The fourth-order valence-electron chi connectivity index (χ4n) is 3.18. The van der Waals surface area contributed by atoms with Crippen LogP contribution in [0.5, 0.6) is 5.75 Å². The van der Waals surface area contributed by atoms with Gasteiger partial charge in [0.1, 0.15) is 11.8 Å². The molecule has 1 heterocycles. The average molecular weight is 379 g/mol. The molecule has 1 aliphatic heterocycles. The van der Waals surface area contributed by atoms with Crippen LogP contribution in [0.4, 0.5) is 0 Å². The lowest BCUT2D eigenvalue weighted by Gasteiger charge is -2.40. The summed E-state index contributed by atoms with van der Waals surface area (Å²) in [5.41, 5.74) is 1.59. The van der Waals surface area contributed by atoms with Crippen molar-refractivity contribution in [2.24, 2.45) is 0 Å². The maximum absolute atomic E-state index is 12.9. The number of unbranched alkanes of at least 4 members (excludes halogenated alkanes) is 1. The molecule has 1 saturated heterocycles. The summed E-state index contributed by atoms with van der Waals surface area (Å²) in [5, 5.41) is 10.4. The number of benzene rings is 1. The summed E-state index contributed by atoms with van der Waals surface area (Å²) in [6, 6.07) is 4.46. The summed E-state index contributed by atoms with van der Waals surface area (Å²) in [6.45, 7) is 8.92. The van der Waals surface area contributed by atoms with E-state index in [1.807, 2.05) is 6.92 Å². The highest BCUT2D eigenvalue weighted by atomic mass is 35.5. The molecule has 0 aromatic heterocycles. The smallest absolute Gasteiger partial charge is 0.246 e. The number of aromatic hydroxyl groups is 1. The van der Waals surface area contributed by atoms with Crippen LogP contribution in [0.15, 0.2) is 30.4 Å². The van der Waals surface area contributed by atoms with Crippen molar-refractivity contribution in [2.45, 2.75) is 45.6 Å². The highest BCUT2D eigenvalue weighted by Crippen LogP contribution is 2.24. The molecule has 0 saturated carbocycles. The van der Waals surface area contributed by atoms with Crippen molar-refractivity contribution in [1.29, 1.82) is 0 Å². The van der Waals surface area contributed by atoms with Crippen LogP contribution < -0.4 is 0 Å². The molecule has 5 nitrogen and oxygen atoms in total. The highest BCUT2D eigenvalue weighted by Gasteiger charge is 2.38. The first kappa shape index (κ1) is 20.3. The van der Waals surface area contributed by atoms with Crippen molar-refractivity contribution in [3.8, 4) is 5.75 Å². The number of amides is 2. The van der Waals surface area contributed by atoms with Gasteiger partial charge in [0.05, 0.1) is 6.54 Å². The number of hydrogen-bond donors (Lipinski definition) is 1. The van der Waals surface area contributed by atoms with E-state index in [0.717, 1.165) is 18.4 Å². The van der Waals surface area contributed by atoms with Crippen LogP contribution >= 0.6 is 11.6 Å². The molecule has 1 atom stereocenters. The zero-order valence-corrected chi connectivity index (χ0v) is 16.3. The van der Waals surface area contributed by atoms with Gasteiger partial charge < -0.3 is 14.9 Å².